The zero-order valence-corrected chi connectivity index (χ0v) is 23.8. The Balaban J connectivity index is 1.11. The van der Waals surface area contributed by atoms with Gasteiger partial charge in [0, 0.05) is 50.7 Å². The van der Waals surface area contributed by atoms with Crippen molar-refractivity contribution in [3.8, 4) is 5.75 Å². The molecule has 1 aliphatic carbocycles. The quantitative estimate of drug-likeness (QED) is 0.468. The standard InChI is InChI=1S/C31H38N2O8/c1-30(2,3)41-29(38)20-4-6-21(7-5-20)32-12-10-31(11-13-32)19-33(14-15-39-31)22-16-24(17-22)40-23-8-9-25(27(34)35)26(18-23)28(36)37/h4-9,18,22,24H,10-17,19H2,1-3H3,(H,34,35)(H,36,37). The van der Waals surface area contributed by atoms with Gasteiger partial charge < -0.3 is 29.3 Å². The van der Waals surface area contributed by atoms with Crippen molar-refractivity contribution in [1.82, 2.24) is 4.90 Å². The number of carboxylic acid groups (broad SMARTS) is 2. The lowest BCUT2D eigenvalue weighted by Crippen LogP contribution is -2.61. The Morgan fingerprint density at radius 1 is 0.927 bits per heavy atom. The Morgan fingerprint density at radius 2 is 1.59 bits per heavy atom. The van der Waals surface area contributed by atoms with Crippen molar-refractivity contribution in [2.75, 3.05) is 37.7 Å². The van der Waals surface area contributed by atoms with Crippen LogP contribution in [0.15, 0.2) is 42.5 Å². The van der Waals surface area contributed by atoms with Crippen LogP contribution in [-0.4, -0.2) is 89.2 Å². The number of aromatic carboxylic acids is 2. The number of benzene rings is 2. The van der Waals surface area contributed by atoms with Gasteiger partial charge in [-0.25, -0.2) is 14.4 Å². The maximum absolute atomic E-state index is 12.3. The molecule has 0 unspecified atom stereocenters. The van der Waals surface area contributed by atoms with Crippen molar-refractivity contribution in [3.63, 3.8) is 0 Å². The molecule has 0 bridgehead atoms. The van der Waals surface area contributed by atoms with Crippen molar-refractivity contribution >= 4 is 23.6 Å². The molecule has 3 aliphatic rings. The van der Waals surface area contributed by atoms with Crippen LogP contribution in [0, 0.1) is 0 Å². The van der Waals surface area contributed by atoms with E-state index in [4.69, 9.17) is 14.2 Å². The van der Waals surface area contributed by atoms with Gasteiger partial charge in [-0.3, -0.25) is 4.90 Å². The average Bonchev–Trinajstić information content (AvgIpc) is 2.90. The Morgan fingerprint density at radius 3 is 2.20 bits per heavy atom. The minimum absolute atomic E-state index is 0.0402. The number of morpholine rings is 1. The molecule has 0 amide bonds. The van der Waals surface area contributed by atoms with Gasteiger partial charge in [-0.2, -0.15) is 0 Å². The van der Waals surface area contributed by atoms with Gasteiger partial charge >= 0.3 is 17.9 Å². The number of hydrogen-bond donors (Lipinski definition) is 2. The number of hydrogen-bond acceptors (Lipinski definition) is 8. The number of esters is 1. The smallest absolute Gasteiger partial charge is 0.338 e. The molecule has 2 aromatic carbocycles. The van der Waals surface area contributed by atoms with Crippen LogP contribution in [0.5, 0.6) is 5.75 Å². The van der Waals surface area contributed by atoms with E-state index in [-0.39, 0.29) is 28.8 Å². The number of anilines is 1. The largest absolute Gasteiger partial charge is 0.490 e. The highest BCUT2D eigenvalue weighted by Crippen LogP contribution is 2.37. The maximum Gasteiger partial charge on any atom is 0.338 e. The summed E-state index contributed by atoms with van der Waals surface area (Å²) in [5.41, 5.74) is 0.400. The van der Waals surface area contributed by atoms with E-state index in [1.807, 2.05) is 45.0 Å². The number of piperidine rings is 1. The van der Waals surface area contributed by atoms with E-state index in [2.05, 4.69) is 9.80 Å². The monoisotopic (exact) mass is 566 g/mol. The molecule has 2 aromatic rings. The summed E-state index contributed by atoms with van der Waals surface area (Å²) in [4.78, 5) is 39.9. The Hall–Kier alpha value is -3.63. The van der Waals surface area contributed by atoms with Gasteiger partial charge in [-0.15, -0.1) is 0 Å². The van der Waals surface area contributed by atoms with Crippen LogP contribution in [0.25, 0.3) is 0 Å². The van der Waals surface area contributed by atoms with E-state index >= 15 is 0 Å². The molecule has 2 heterocycles. The predicted molar refractivity (Wildman–Crippen MR) is 151 cm³/mol. The van der Waals surface area contributed by atoms with Crippen molar-refractivity contribution in [2.24, 2.45) is 0 Å². The highest BCUT2D eigenvalue weighted by molar-refractivity contribution is 6.02. The first kappa shape index (κ1) is 28.9. The summed E-state index contributed by atoms with van der Waals surface area (Å²) in [6, 6.07) is 12.1. The molecule has 3 fully saturated rings. The summed E-state index contributed by atoms with van der Waals surface area (Å²) in [6.07, 6.45) is 3.45. The molecular formula is C31H38N2O8. The van der Waals surface area contributed by atoms with Gasteiger partial charge in [0.05, 0.1) is 28.9 Å². The summed E-state index contributed by atoms with van der Waals surface area (Å²) in [7, 11) is 0. The van der Waals surface area contributed by atoms with Crippen molar-refractivity contribution in [3.05, 3.63) is 59.2 Å². The number of carboxylic acids is 2. The van der Waals surface area contributed by atoms with E-state index in [1.165, 1.54) is 18.2 Å². The first-order valence-corrected chi connectivity index (χ1v) is 14.2. The molecule has 10 heteroatoms. The fourth-order valence-electron chi connectivity index (χ4n) is 5.89. The van der Waals surface area contributed by atoms with E-state index in [0.717, 1.165) is 57.5 Å². The van der Waals surface area contributed by atoms with Crippen molar-refractivity contribution in [1.29, 1.82) is 0 Å². The Kier molecular flexibility index (Phi) is 7.98. The Bertz CT molecular complexity index is 1290. The summed E-state index contributed by atoms with van der Waals surface area (Å²) in [6.45, 7) is 9.73. The first-order chi connectivity index (χ1) is 19.4. The molecule has 220 valence electrons. The fraction of sp³-hybridized carbons (Fsp3) is 0.516. The van der Waals surface area contributed by atoms with Gasteiger partial charge in [-0.05, 0) is 76.1 Å². The highest BCUT2D eigenvalue weighted by Gasteiger charge is 2.44. The lowest BCUT2D eigenvalue weighted by atomic mass is 9.83. The average molecular weight is 567 g/mol. The second-order valence-corrected chi connectivity index (χ2v) is 12.2. The zero-order chi connectivity index (χ0) is 29.4. The summed E-state index contributed by atoms with van der Waals surface area (Å²) >= 11 is 0. The van der Waals surface area contributed by atoms with Gasteiger partial charge in [0.1, 0.15) is 17.5 Å². The van der Waals surface area contributed by atoms with Crippen LogP contribution in [0.1, 0.15) is 77.5 Å². The molecule has 2 aliphatic heterocycles. The molecule has 0 aromatic heterocycles. The molecule has 1 spiro atoms. The van der Waals surface area contributed by atoms with Gasteiger partial charge in [0.2, 0.25) is 0 Å². The van der Waals surface area contributed by atoms with E-state index in [0.29, 0.717) is 24.0 Å². The lowest BCUT2D eigenvalue weighted by molar-refractivity contribution is -0.143. The highest BCUT2D eigenvalue weighted by atomic mass is 16.6. The zero-order valence-electron chi connectivity index (χ0n) is 23.8. The normalized spacial score (nSPS) is 22.6. The predicted octanol–water partition coefficient (Wildman–Crippen LogP) is 4.32. The second kappa shape index (κ2) is 11.3. The van der Waals surface area contributed by atoms with Crippen LogP contribution in [0.4, 0.5) is 5.69 Å². The topological polar surface area (TPSA) is 126 Å². The maximum atomic E-state index is 12.3. The van der Waals surface area contributed by atoms with Crippen LogP contribution in [-0.2, 0) is 9.47 Å². The SMILES string of the molecule is CC(C)(C)OC(=O)c1ccc(N2CCC3(CC2)CN(C2CC(Oc4ccc(C(=O)O)c(C(=O)O)c4)C2)CCO3)cc1. The third kappa shape index (κ3) is 6.65. The molecule has 10 nitrogen and oxygen atoms in total. The van der Waals surface area contributed by atoms with Crippen LogP contribution < -0.4 is 9.64 Å². The Labute approximate surface area is 239 Å². The van der Waals surface area contributed by atoms with E-state index < -0.39 is 17.5 Å². The molecule has 2 N–H and O–H groups in total. The van der Waals surface area contributed by atoms with Gasteiger partial charge in [0.15, 0.2) is 0 Å². The number of nitrogens with zero attached hydrogens (tertiary/aromatic N) is 2. The first-order valence-electron chi connectivity index (χ1n) is 14.2. The number of carbonyl (C=O) groups is 3. The van der Waals surface area contributed by atoms with Crippen LogP contribution in [0.2, 0.25) is 0 Å². The minimum atomic E-state index is -1.29. The van der Waals surface area contributed by atoms with E-state index in [1.54, 1.807) is 0 Å². The molecule has 5 rings (SSSR count). The number of ether oxygens (including phenoxy) is 3. The van der Waals surface area contributed by atoms with Gasteiger partial charge in [0.25, 0.3) is 0 Å². The minimum Gasteiger partial charge on any atom is -0.490 e. The molecule has 0 radical (unpaired) electrons. The van der Waals surface area contributed by atoms with Gasteiger partial charge in [-0.1, -0.05) is 0 Å². The van der Waals surface area contributed by atoms with Crippen LogP contribution in [0.3, 0.4) is 0 Å². The molecule has 1 saturated carbocycles. The fourth-order valence-corrected chi connectivity index (χ4v) is 5.89. The lowest BCUT2D eigenvalue weighted by Gasteiger charge is -2.52. The summed E-state index contributed by atoms with van der Waals surface area (Å²) in [5.74, 6) is -2.51. The summed E-state index contributed by atoms with van der Waals surface area (Å²) < 4.78 is 17.8. The third-order valence-corrected chi connectivity index (χ3v) is 8.16. The third-order valence-electron chi connectivity index (χ3n) is 8.16. The molecule has 0 atom stereocenters. The molecule has 2 saturated heterocycles. The number of rotatable bonds is 7. The van der Waals surface area contributed by atoms with Crippen molar-refractivity contribution in [2.45, 2.75) is 69.8 Å². The van der Waals surface area contributed by atoms with E-state index in [9.17, 15) is 24.6 Å². The summed E-state index contributed by atoms with van der Waals surface area (Å²) in [5, 5.41) is 18.6. The van der Waals surface area contributed by atoms with Crippen LogP contribution >= 0.6 is 0 Å². The molecule has 41 heavy (non-hydrogen) atoms. The molecular weight excluding hydrogens is 528 g/mol. The van der Waals surface area contributed by atoms with Crippen molar-refractivity contribution < 1.29 is 38.8 Å². The second-order valence-electron chi connectivity index (χ2n) is 12.2. The number of carbonyl (C=O) groups excluding carboxylic acids is 1.